The Hall–Kier alpha value is -1.74. The minimum atomic E-state index is -0.802. The van der Waals surface area contributed by atoms with Gasteiger partial charge in [-0.2, -0.15) is 0 Å². The van der Waals surface area contributed by atoms with Crippen LogP contribution in [0.1, 0.15) is 38.1 Å². The number of nitrogens with zero attached hydrogens (tertiary/aromatic N) is 4. The predicted octanol–water partition coefficient (Wildman–Crippen LogP) is 0.514. The summed E-state index contributed by atoms with van der Waals surface area (Å²) < 4.78 is 1.96. The third-order valence-corrected chi connectivity index (χ3v) is 7.40. The minimum Gasteiger partial charge on any atom is -0.390 e. The molecular formula is C20H30N6O2. The van der Waals surface area contributed by atoms with Crippen molar-refractivity contribution in [1.29, 1.82) is 0 Å². The molecule has 8 nitrogen and oxygen atoms in total. The molecule has 4 atom stereocenters. The number of aromatic nitrogens is 3. The Labute approximate surface area is 164 Å². The van der Waals surface area contributed by atoms with E-state index in [4.69, 9.17) is 5.73 Å². The maximum Gasteiger partial charge on any atom is 0.145 e. The molecule has 152 valence electrons. The maximum atomic E-state index is 10.8. The van der Waals surface area contributed by atoms with E-state index in [9.17, 15) is 10.2 Å². The van der Waals surface area contributed by atoms with E-state index in [0.717, 1.165) is 43.6 Å². The first kappa shape index (κ1) is 18.3. The van der Waals surface area contributed by atoms with E-state index in [0.29, 0.717) is 5.82 Å². The number of nitrogens with one attached hydrogen (secondary N) is 1. The minimum absolute atomic E-state index is 0.0569. The molecule has 0 unspecified atom stereocenters. The molecule has 2 aromatic rings. The second-order valence-electron chi connectivity index (χ2n) is 8.79. The molecule has 5 rings (SSSR count). The van der Waals surface area contributed by atoms with Crippen molar-refractivity contribution in [3.63, 3.8) is 0 Å². The van der Waals surface area contributed by atoms with E-state index in [1.54, 1.807) is 0 Å². The summed E-state index contributed by atoms with van der Waals surface area (Å²) in [6.07, 6.45) is 7.41. The number of hydrogen-bond donors (Lipinski definition) is 4. The monoisotopic (exact) mass is 386 g/mol. The summed E-state index contributed by atoms with van der Waals surface area (Å²) in [6, 6.07) is 1.69. The van der Waals surface area contributed by atoms with Crippen molar-refractivity contribution >= 4 is 16.9 Å². The van der Waals surface area contributed by atoms with Crippen LogP contribution in [0.15, 0.2) is 18.6 Å². The van der Waals surface area contributed by atoms with Crippen LogP contribution in [-0.4, -0.2) is 73.6 Å². The Balaban J connectivity index is 1.37. The van der Waals surface area contributed by atoms with Crippen LogP contribution in [0.3, 0.4) is 0 Å². The Kier molecular flexibility index (Phi) is 4.54. The van der Waals surface area contributed by atoms with Crippen LogP contribution < -0.4 is 11.1 Å². The number of nitrogen functional groups attached to an aromatic ring is 1. The van der Waals surface area contributed by atoms with Gasteiger partial charge >= 0.3 is 0 Å². The normalized spacial score (nSPS) is 33.2. The molecule has 0 bridgehead atoms. The zero-order chi connectivity index (χ0) is 19.3. The summed E-state index contributed by atoms with van der Waals surface area (Å²) in [5, 5.41) is 25.9. The van der Waals surface area contributed by atoms with Gasteiger partial charge in [0.15, 0.2) is 0 Å². The second-order valence-corrected chi connectivity index (χ2v) is 8.79. The zero-order valence-electron chi connectivity index (χ0n) is 16.2. The predicted molar refractivity (Wildman–Crippen MR) is 107 cm³/mol. The number of hydrogen-bond acceptors (Lipinski definition) is 7. The fourth-order valence-corrected chi connectivity index (χ4v) is 5.83. The summed E-state index contributed by atoms with van der Waals surface area (Å²) in [4.78, 5) is 11.0. The number of fused-ring (bicyclic) bond motifs is 1. The van der Waals surface area contributed by atoms with Crippen molar-refractivity contribution in [1.82, 2.24) is 24.8 Å². The highest BCUT2D eigenvalue weighted by atomic mass is 16.3. The molecule has 5 N–H and O–H groups in total. The molecular weight excluding hydrogens is 356 g/mol. The van der Waals surface area contributed by atoms with Gasteiger partial charge in [-0.05, 0) is 57.8 Å². The van der Waals surface area contributed by atoms with Crippen molar-refractivity contribution in [2.75, 3.05) is 31.9 Å². The van der Waals surface area contributed by atoms with E-state index >= 15 is 0 Å². The smallest absolute Gasteiger partial charge is 0.145 e. The quantitative estimate of drug-likeness (QED) is 0.608. The van der Waals surface area contributed by atoms with Gasteiger partial charge in [0.05, 0.1) is 17.5 Å². The third-order valence-electron chi connectivity index (χ3n) is 7.40. The Morgan fingerprint density at radius 2 is 2.00 bits per heavy atom. The molecule has 0 aromatic carbocycles. The number of nitrogens with two attached hydrogens (primary N) is 1. The highest BCUT2D eigenvalue weighted by Crippen LogP contribution is 2.42. The van der Waals surface area contributed by atoms with Gasteiger partial charge in [-0.15, -0.1) is 0 Å². The molecule has 2 saturated heterocycles. The lowest BCUT2D eigenvalue weighted by molar-refractivity contribution is -0.00880. The number of aliphatic hydroxyl groups is 2. The van der Waals surface area contributed by atoms with Gasteiger partial charge in [0.25, 0.3) is 0 Å². The van der Waals surface area contributed by atoms with Gasteiger partial charge in [0.2, 0.25) is 0 Å². The first-order chi connectivity index (χ1) is 13.6. The van der Waals surface area contributed by atoms with Crippen molar-refractivity contribution in [2.24, 2.45) is 5.92 Å². The average Bonchev–Trinajstić information content (AvgIpc) is 3.37. The van der Waals surface area contributed by atoms with Gasteiger partial charge in [-0.25, -0.2) is 9.97 Å². The van der Waals surface area contributed by atoms with Crippen molar-refractivity contribution < 1.29 is 10.2 Å². The number of likely N-dealkylation sites (tertiary alicyclic amines) is 1. The largest absolute Gasteiger partial charge is 0.390 e. The van der Waals surface area contributed by atoms with Gasteiger partial charge < -0.3 is 25.8 Å². The van der Waals surface area contributed by atoms with Crippen LogP contribution in [0.5, 0.6) is 0 Å². The van der Waals surface area contributed by atoms with Crippen LogP contribution in [0, 0.1) is 5.92 Å². The van der Waals surface area contributed by atoms with Crippen LogP contribution in [-0.2, 0) is 0 Å². The molecule has 1 aliphatic carbocycles. The van der Waals surface area contributed by atoms with Crippen LogP contribution in [0.2, 0.25) is 0 Å². The topological polar surface area (TPSA) is 112 Å². The van der Waals surface area contributed by atoms with Crippen molar-refractivity contribution in [2.45, 2.75) is 55.9 Å². The summed E-state index contributed by atoms with van der Waals surface area (Å²) in [5.41, 5.74) is 6.97. The van der Waals surface area contributed by atoms with Crippen LogP contribution in [0.25, 0.3) is 11.0 Å². The number of rotatable bonds is 3. The molecule has 1 spiro atoms. The maximum absolute atomic E-state index is 10.8. The van der Waals surface area contributed by atoms with Crippen molar-refractivity contribution in [3.05, 3.63) is 18.6 Å². The lowest BCUT2D eigenvalue weighted by Gasteiger charge is -2.43. The van der Waals surface area contributed by atoms with Gasteiger partial charge in [-0.3, -0.25) is 4.90 Å². The SMILES string of the molecule is Nc1ncnc2c1ccn2[C@@H]1C[C@H](CN2CCCC23CCNCC3)[C@@H](O)[C@H]1O. The molecule has 0 radical (unpaired) electrons. The number of anilines is 1. The summed E-state index contributed by atoms with van der Waals surface area (Å²) in [6.45, 7) is 4.10. The average molecular weight is 387 g/mol. The first-order valence-electron chi connectivity index (χ1n) is 10.5. The van der Waals surface area contributed by atoms with Crippen molar-refractivity contribution in [3.8, 4) is 0 Å². The Morgan fingerprint density at radius 1 is 1.18 bits per heavy atom. The zero-order valence-corrected chi connectivity index (χ0v) is 16.2. The van der Waals surface area contributed by atoms with E-state index in [1.165, 1.54) is 32.0 Å². The van der Waals surface area contributed by atoms with E-state index in [2.05, 4.69) is 20.2 Å². The Morgan fingerprint density at radius 3 is 2.82 bits per heavy atom. The first-order valence-corrected chi connectivity index (χ1v) is 10.5. The molecule has 2 aliphatic heterocycles. The number of piperidine rings is 1. The lowest BCUT2D eigenvalue weighted by Crippen LogP contribution is -2.52. The van der Waals surface area contributed by atoms with Gasteiger partial charge in [-0.1, -0.05) is 0 Å². The highest BCUT2D eigenvalue weighted by molar-refractivity contribution is 5.86. The van der Waals surface area contributed by atoms with Gasteiger partial charge in [0.1, 0.15) is 23.9 Å². The molecule has 2 aromatic heterocycles. The molecule has 28 heavy (non-hydrogen) atoms. The highest BCUT2D eigenvalue weighted by Gasteiger charge is 2.47. The van der Waals surface area contributed by atoms with Crippen LogP contribution in [0.4, 0.5) is 5.82 Å². The molecule has 4 heterocycles. The second kappa shape index (κ2) is 6.95. The van der Waals surface area contributed by atoms with Gasteiger partial charge in [0, 0.05) is 24.2 Å². The summed E-state index contributed by atoms with van der Waals surface area (Å²) in [7, 11) is 0. The van der Waals surface area contributed by atoms with E-state index < -0.39 is 12.2 Å². The molecule has 8 heteroatoms. The number of aliphatic hydroxyl groups excluding tert-OH is 2. The summed E-state index contributed by atoms with van der Waals surface area (Å²) in [5.74, 6) is 0.500. The third kappa shape index (κ3) is 2.82. The molecule has 1 saturated carbocycles. The fraction of sp³-hybridized carbons (Fsp3) is 0.700. The van der Waals surface area contributed by atoms with Crippen LogP contribution >= 0.6 is 0 Å². The molecule has 3 fully saturated rings. The molecule has 0 amide bonds. The standard InChI is InChI=1S/C20H30N6O2/c21-18-14-2-9-26(19(14)24-12-23-18)15-10-13(16(27)17(15)28)11-25-8-1-3-20(25)4-6-22-7-5-20/h2,9,12-13,15-17,22,27-28H,1,3-8,10-11H2,(H2,21,23,24)/t13-,15-,16-,17+/m1/s1. The Bertz CT molecular complexity index is 848. The fourth-order valence-electron chi connectivity index (χ4n) is 5.83. The van der Waals surface area contributed by atoms with E-state index in [1.807, 2.05) is 16.8 Å². The molecule has 3 aliphatic rings. The summed E-state index contributed by atoms with van der Waals surface area (Å²) >= 11 is 0. The lowest BCUT2D eigenvalue weighted by atomic mass is 9.85. The van der Waals surface area contributed by atoms with E-state index in [-0.39, 0.29) is 17.5 Å².